The van der Waals surface area contributed by atoms with Gasteiger partial charge in [-0.15, -0.1) is 0 Å². The number of hydrogen-bond donors (Lipinski definition) is 2. The molecule has 0 bridgehead atoms. The fourth-order valence-corrected chi connectivity index (χ4v) is 6.20. The Labute approximate surface area is 242 Å². The number of aromatic nitrogens is 4. The number of Topliss-reactive ketones (excluding diaryl/α,β-unsaturated/α-hetero) is 1. The lowest BCUT2D eigenvalue weighted by Crippen LogP contribution is -2.44. The fraction of sp³-hybridized carbons (Fsp3) is 0.226. The predicted octanol–water partition coefficient (Wildman–Crippen LogP) is 4.92. The second kappa shape index (κ2) is 9.78. The van der Waals surface area contributed by atoms with Crippen LogP contribution in [0.5, 0.6) is 0 Å². The van der Waals surface area contributed by atoms with Crippen molar-refractivity contribution in [3.63, 3.8) is 0 Å². The van der Waals surface area contributed by atoms with E-state index in [0.717, 1.165) is 11.4 Å². The van der Waals surface area contributed by atoms with Crippen LogP contribution in [0, 0.1) is 12.3 Å². The van der Waals surface area contributed by atoms with Gasteiger partial charge in [0.15, 0.2) is 5.78 Å². The first-order chi connectivity index (χ1) is 19.6. The van der Waals surface area contributed by atoms with Gasteiger partial charge in [0.2, 0.25) is 5.91 Å². The van der Waals surface area contributed by atoms with Gasteiger partial charge in [-0.25, -0.2) is 9.67 Å². The number of ketones is 1. The first kappa shape index (κ1) is 26.6. The normalized spacial score (nSPS) is 18.6. The van der Waals surface area contributed by atoms with Crippen LogP contribution in [0.1, 0.15) is 43.9 Å². The van der Waals surface area contributed by atoms with Crippen molar-refractivity contribution < 1.29 is 9.59 Å². The van der Waals surface area contributed by atoms with Gasteiger partial charge in [0.05, 0.1) is 22.9 Å². The van der Waals surface area contributed by atoms with Crippen LogP contribution in [0.4, 0.5) is 5.69 Å². The van der Waals surface area contributed by atoms with E-state index in [0.29, 0.717) is 46.2 Å². The number of para-hydroxylation sites is 1. The second-order valence-corrected chi connectivity index (χ2v) is 11.7. The molecule has 6 rings (SSSR count). The molecule has 0 spiro atoms. The minimum Gasteiger partial charge on any atom is -0.384 e. The van der Waals surface area contributed by atoms with Crippen LogP contribution >= 0.6 is 11.6 Å². The Morgan fingerprint density at radius 3 is 2.39 bits per heavy atom. The van der Waals surface area contributed by atoms with Crippen molar-refractivity contribution in [3.05, 3.63) is 112 Å². The number of carbonyl (C=O) groups excluding carboxylic acids is 2. The molecule has 1 aliphatic carbocycles. The number of hydrogen-bond acceptors (Lipinski definition) is 6. The molecule has 10 heteroatoms. The number of primary amides is 1. The van der Waals surface area contributed by atoms with E-state index < -0.39 is 11.8 Å². The molecule has 0 saturated heterocycles. The molecule has 0 radical (unpaired) electrons. The monoisotopic (exact) mass is 567 g/mol. The van der Waals surface area contributed by atoms with Crippen molar-refractivity contribution in [3.8, 4) is 11.5 Å². The molecule has 9 nitrogen and oxygen atoms in total. The number of nitrogens with two attached hydrogens (primary N) is 2. The van der Waals surface area contributed by atoms with Gasteiger partial charge in [-0.3, -0.25) is 19.1 Å². The Morgan fingerprint density at radius 1 is 1.05 bits per heavy atom. The number of benzene rings is 2. The van der Waals surface area contributed by atoms with Crippen molar-refractivity contribution in [2.75, 3.05) is 4.90 Å². The number of carbonyl (C=O) groups is 2. The topological polar surface area (TPSA) is 125 Å². The van der Waals surface area contributed by atoms with E-state index in [1.807, 2.05) is 54.0 Å². The molecular weight excluding hydrogens is 538 g/mol. The molecule has 2 aliphatic rings. The van der Waals surface area contributed by atoms with E-state index in [1.165, 1.54) is 0 Å². The summed E-state index contributed by atoms with van der Waals surface area (Å²) in [6, 6.07) is 16.8. The van der Waals surface area contributed by atoms with Crippen LogP contribution in [0.2, 0.25) is 5.02 Å². The molecule has 1 unspecified atom stereocenters. The number of halogens is 1. The number of rotatable bonds is 5. The van der Waals surface area contributed by atoms with E-state index in [-0.39, 0.29) is 22.6 Å². The maximum atomic E-state index is 14.2. The Balaban J connectivity index is 1.69. The lowest BCUT2D eigenvalue weighted by molar-refractivity contribution is -0.118. The van der Waals surface area contributed by atoms with Crippen LogP contribution in [0.3, 0.4) is 0 Å². The molecule has 1 aliphatic heterocycles. The Kier molecular flexibility index (Phi) is 6.34. The zero-order chi connectivity index (χ0) is 29.1. The number of nitrogens with zero attached hydrogens (tertiary/aromatic N) is 5. The van der Waals surface area contributed by atoms with E-state index >= 15 is 0 Å². The van der Waals surface area contributed by atoms with Crippen LogP contribution < -0.4 is 16.4 Å². The van der Waals surface area contributed by atoms with Gasteiger partial charge in [-0.2, -0.15) is 5.10 Å². The van der Waals surface area contributed by atoms with Gasteiger partial charge < -0.3 is 11.5 Å². The lowest BCUT2D eigenvalue weighted by atomic mass is 9.68. The number of anilines is 1. The summed E-state index contributed by atoms with van der Waals surface area (Å²) in [4.78, 5) is 33.5. The minimum absolute atomic E-state index is 0.0603. The smallest absolute Gasteiger partial charge is 0.249 e. The van der Waals surface area contributed by atoms with E-state index in [1.54, 1.807) is 40.4 Å². The average Bonchev–Trinajstić information content (AvgIpc) is 3.56. The zero-order valence-electron chi connectivity index (χ0n) is 23.0. The van der Waals surface area contributed by atoms with Crippen LogP contribution in [-0.4, -0.2) is 31.0 Å². The standard InChI is InChI=1S/C31H30ClN7O2/c1-18-24(30(37-14-13-35-17-37)39(36-18)21-7-5-4-6-8-21)26-25-22(15-31(2,3)16-23(25)40)38(28(33)27(26)29(34)41)20-11-9-19(32)10-12-20/h4-14,17,26H,15-16,33H2,1-3H3,(H2,34,41). The molecule has 1 amide bonds. The maximum Gasteiger partial charge on any atom is 0.249 e. The van der Waals surface area contributed by atoms with Crippen molar-refractivity contribution in [1.29, 1.82) is 0 Å². The van der Waals surface area contributed by atoms with Crippen molar-refractivity contribution >= 4 is 29.0 Å². The SMILES string of the molecule is Cc1nn(-c2ccccc2)c(-n2ccnc2)c1C1C(C(N)=O)=C(N)N(c2ccc(Cl)cc2)C2=C1C(=O)CC(C)(C)C2. The third-order valence-electron chi connectivity index (χ3n) is 7.73. The van der Waals surface area contributed by atoms with Crippen LogP contribution in [0.15, 0.2) is 96.0 Å². The summed E-state index contributed by atoms with van der Waals surface area (Å²) in [5.41, 5.74) is 16.8. The van der Waals surface area contributed by atoms with Crippen molar-refractivity contribution in [2.45, 2.75) is 39.5 Å². The highest BCUT2D eigenvalue weighted by atomic mass is 35.5. The van der Waals surface area contributed by atoms with Gasteiger partial charge in [0.1, 0.15) is 18.0 Å². The van der Waals surface area contributed by atoms with Gasteiger partial charge >= 0.3 is 0 Å². The Bertz CT molecular complexity index is 1730. The summed E-state index contributed by atoms with van der Waals surface area (Å²) in [6.07, 6.45) is 6.02. The summed E-state index contributed by atoms with van der Waals surface area (Å²) in [6.45, 7) is 5.98. The Hall–Kier alpha value is -4.63. The quantitative estimate of drug-likeness (QED) is 0.352. The zero-order valence-corrected chi connectivity index (χ0v) is 23.8. The number of amides is 1. The Morgan fingerprint density at radius 2 is 1.76 bits per heavy atom. The fourth-order valence-electron chi connectivity index (χ4n) is 6.08. The molecule has 41 heavy (non-hydrogen) atoms. The number of aryl methyl sites for hydroxylation is 1. The molecule has 0 saturated carbocycles. The average molecular weight is 568 g/mol. The largest absolute Gasteiger partial charge is 0.384 e. The highest BCUT2D eigenvalue weighted by Crippen LogP contribution is 2.51. The molecule has 208 valence electrons. The van der Waals surface area contributed by atoms with Gasteiger partial charge in [-0.05, 0) is 55.2 Å². The number of allylic oxidation sites excluding steroid dienone is 2. The summed E-state index contributed by atoms with van der Waals surface area (Å²) in [7, 11) is 0. The van der Waals surface area contributed by atoms with Crippen LogP contribution in [-0.2, 0) is 9.59 Å². The van der Waals surface area contributed by atoms with Gasteiger partial charge in [0.25, 0.3) is 0 Å². The van der Waals surface area contributed by atoms with Gasteiger partial charge in [-0.1, -0.05) is 43.6 Å². The third kappa shape index (κ3) is 4.42. The molecule has 3 heterocycles. The van der Waals surface area contributed by atoms with Gasteiger partial charge in [0, 0.05) is 46.4 Å². The molecule has 4 N–H and O–H groups in total. The molecule has 1 atom stereocenters. The molecule has 0 fully saturated rings. The second-order valence-electron chi connectivity index (χ2n) is 11.2. The van der Waals surface area contributed by atoms with E-state index in [4.69, 9.17) is 28.2 Å². The van der Waals surface area contributed by atoms with E-state index in [9.17, 15) is 9.59 Å². The maximum absolute atomic E-state index is 14.2. The first-order valence-electron chi connectivity index (χ1n) is 13.3. The minimum atomic E-state index is -0.829. The van der Waals surface area contributed by atoms with Crippen molar-refractivity contribution in [1.82, 2.24) is 19.3 Å². The summed E-state index contributed by atoms with van der Waals surface area (Å²) < 4.78 is 3.63. The highest BCUT2D eigenvalue weighted by molar-refractivity contribution is 6.30. The molecular formula is C31H30ClN7O2. The third-order valence-corrected chi connectivity index (χ3v) is 7.98. The first-order valence-corrected chi connectivity index (χ1v) is 13.7. The summed E-state index contributed by atoms with van der Waals surface area (Å²) >= 11 is 6.19. The number of imidazole rings is 1. The van der Waals surface area contributed by atoms with Crippen molar-refractivity contribution in [2.24, 2.45) is 16.9 Å². The van der Waals surface area contributed by atoms with Crippen LogP contribution in [0.25, 0.3) is 11.5 Å². The highest BCUT2D eigenvalue weighted by Gasteiger charge is 2.47. The molecule has 4 aromatic rings. The summed E-state index contributed by atoms with van der Waals surface area (Å²) in [5, 5.41) is 5.46. The summed E-state index contributed by atoms with van der Waals surface area (Å²) in [5.74, 6) is -0.775. The molecule has 2 aromatic heterocycles. The molecule has 2 aromatic carbocycles. The predicted molar refractivity (Wildman–Crippen MR) is 158 cm³/mol. The van der Waals surface area contributed by atoms with E-state index in [2.05, 4.69) is 18.8 Å². The lowest BCUT2D eigenvalue weighted by Gasteiger charge is -2.44.